The molecule has 9 heteroatoms. The van der Waals surface area contributed by atoms with Gasteiger partial charge < -0.3 is 10.6 Å². The van der Waals surface area contributed by atoms with Crippen LogP contribution >= 0.6 is 0 Å². The maximum Gasteiger partial charge on any atom is 0.271 e. The Kier molecular flexibility index (Phi) is 5.83. The number of anilines is 2. The van der Waals surface area contributed by atoms with Crippen LogP contribution in [0.2, 0.25) is 0 Å². The Morgan fingerprint density at radius 3 is 2.39 bits per heavy atom. The van der Waals surface area contributed by atoms with Gasteiger partial charge in [0.05, 0.1) is 18.1 Å². The number of carbonyl (C=O) groups excluding carboxylic acids is 1. The van der Waals surface area contributed by atoms with Gasteiger partial charge in [0.25, 0.3) is 5.91 Å². The van der Waals surface area contributed by atoms with Gasteiger partial charge in [0.15, 0.2) is 17.5 Å². The van der Waals surface area contributed by atoms with Crippen LogP contribution in [0.5, 0.6) is 0 Å². The fourth-order valence-corrected chi connectivity index (χ4v) is 2.37. The second kappa shape index (κ2) is 8.47. The third kappa shape index (κ3) is 4.43. The molecule has 0 bridgehead atoms. The first-order chi connectivity index (χ1) is 13.5. The average molecular weight is 390 g/mol. The van der Waals surface area contributed by atoms with E-state index in [4.69, 9.17) is 0 Å². The number of hydrogen-bond donors (Lipinski definition) is 2. The van der Waals surface area contributed by atoms with Crippen LogP contribution in [0.1, 0.15) is 16.1 Å². The Balaban J connectivity index is 1.58. The summed E-state index contributed by atoms with van der Waals surface area (Å²) < 4.78 is 53.3. The number of nitrogens with one attached hydrogen (secondary N) is 2. The van der Waals surface area contributed by atoms with Crippen LogP contribution in [0, 0.1) is 23.3 Å². The number of hydrogen-bond acceptors (Lipinski definition) is 4. The molecule has 0 aliphatic rings. The lowest BCUT2D eigenvalue weighted by Gasteiger charge is -2.08. The standard InChI is InChI=1S/C19H14F4N4O/c20-12-4-2-1-3-11(12)7-8-24-19(28)15-9-26-16(10-25-15)27-14-6-5-13(21)17(22)18(14)23/h1-6,9-10H,7-8H2,(H,24,28)(H,26,27). The first-order valence-corrected chi connectivity index (χ1v) is 8.20. The van der Waals surface area contributed by atoms with E-state index in [2.05, 4.69) is 20.6 Å². The summed E-state index contributed by atoms with van der Waals surface area (Å²) in [5.41, 5.74) is 0.141. The van der Waals surface area contributed by atoms with Crippen LogP contribution in [0.15, 0.2) is 48.8 Å². The van der Waals surface area contributed by atoms with E-state index in [1.54, 1.807) is 18.2 Å². The summed E-state index contributed by atoms with van der Waals surface area (Å²) in [7, 11) is 0. The lowest BCUT2D eigenvalue weighted by atomic mass is 10.1. The maximum atomic E-state index is 13.6. The molecule has 2 aromatic carbocycles. The van der Waals surface area contributed by atoms with Crippen molar-refractivity contribution in [3.05, 3.63) is 83.3 Å². The van der Waals surface area contributed by atoms with Crippen LogP contribution in [0.3, 0.4) is 0 Å². The summed E-state index contributed by atoms with van der Waals surface area (Å²) in [5.74, 6) is -5.14. The van der Waals surface area contributed by atoms with Gasteiger partial charge in [-0.1, -0.05) is 18.2 Å². The molecule has 0 aliphatic heterocycles. The third-order valence-electron chi connectivity index (χ3n) is 3.82. The molecule has 0 aliphatic carbocycles. The van der Waals surface area contributed by atoms with Crippen LogP contribution < -0.4 is 10.6 Å². The summed E-state index contributed by atoms with van der Waals surface area (Å²) >= 11 is 0. The molecule has 5 nitrogen and oxygen atoms in total. The highest BCUT2D eigenvalue weighted by molar-refractivity contribution is 5.92. The van der Waals surface area contributed by atoms with Crippen molar-refractivity contribution in [3.63, 3.8) is 0 Å². The number of rotatable bonds is 6. The van der Waals surface area contributed by atoms with Crippen molar-refractivity contribution < 1.29 is 22.4 Å². The summed E-state index contributed by atoms with van der Waals surface area (Å²) in [5, 5.41) is 5.04. The van der Waals surface area contributed by atoms with Gasteiger partial charge in [-0.2, -0.15) is 0 Å². The van der Waals surface area contributed by atoms with Crippen LogP contribution in [0.4, 0.5) is 29.1 Å². The SMILES string of the molecule is O=C(NCCc1ccccc1F)c1cnc(Nc2ccc(F)c(F)c2F)cn1. The van der Waals surface area contributed by atoms with E-state index in [1.165, 1.54) is 6.07 Å². The molecule has 3 rings (SSSR count). The molecular formula is C19H14F4N4O. The van der Waals surface area contributed by atoms with Gasteiger partial charge in [-0.15, -0.1) is 0 Å². The van der Waals surface area contributed by atoms with E-state index in [9.17, 15) is 22.4 Å². The molecule has 0 atom stereocenters. The van der Waals surface area contributed by atoms with Crippen molar-refractivity contribution in [3.8, 4) is 0 Å². The average Bonchev–Trinajstić information content (AvgIpc) is 2.70. The van der Waals surface area contributed by atoms with Crippen molar-refractivity contribution in [1.29, 1.82) is 0 Å². The van der Waals surface area contributed by atoms with Gasteiger partial charge in [0, 0.05) is 6.54 Å². The van der Waals surface area contributed by atoms with E-state index < -0.39 is 23.4 Å². The molecule has 3 aromatic rings. The van der Waals surface area contributed by atoms with E-state index in [0.717, 1.165) is 24.5 Å². The summed E-state index contributed by atoms with van der Waals surface area (Å²) in [6.45, 7) is 0.196. The number of amides is 1. The molecule has 0 fully saturated rings. The Morgan fingerprint density at radius 2 is 1.68 bits per heavy atom. The molecule has 0 spiro atoms. The van der Waals surface area contributed by atoms with E-state index >= 15 is 0 Å². The van der Waals surface area contributed by atoms with Gasteiger partial charge >= 0.3 is 0 Å². The van der Waals surface area contributed by atoms with E-state index in [-0.39, 0.29) is 29.6 Å². The predicted molar refractivity (Wildman–Crippen MR) is 94.1 cm³/mol. The monoisotopic (exact) mass is 390 g/mol. The molecule has 1 heterocycles. The second-order valence-corrected chi connectivity index (χ2v) is 5.73. The van der Waals surface area contributed by atoms with Crippen molar-refractivity contribution in [1.82, 2.24) is 15.3 Å². The third-order valence-corrected chi connectivity index (χ3v) is 3.82. The Labute approximate surface area is 157 Å². The molecule has 1 aromatic heterocycles. The van der Waals surface area contributed by atoms with Crippen molar-refractivity contribution in [2.75, 3.05) is 11.9 Å². The number of aromatic nitrogens is 2. The highest BCUT2D eigenvalue weighted by atomic mass is 19.2. The zero-order valence-electron chi connectivity index (χ0n) is 14.3. The first kappa shape index (κ1) is 19.3. The topological polar surface area (TPSA) is 66.9 Å². The van der Waals surface area contributed by atoms with Gasteiger partial charge in [-0.3, -0.25) is 4.79 Å². The lowest BCUT2D eigenvalue weighted by molar-refractivity contribution is 0.0948. The van der Waals surface area contributed by atoms with Crippen LogP contribution in [-0.4, -0.2) is 22.4 Å². The smallest absolute Gasteiger partial charge is 0.271 e. The highest BCUT2D eigenvalue weighted by Crippen LogP contribution is 2.22. The Hall–Kier alpha value is -3.49. The van der Waals surface area contributed by atoms with Gasteiger partial charge in [-0.05, 0) is 30.2 Å². The van der Waals surface area contributed by atoms with Crippen LogP contribution in [-0.2, 0) is 6.42 Å². The second-order valence-electron chi connectivity index (χ2n) is 5.73. The van der Waals surface area contributed by atoms with Gasteiger partial charge in [0.2, 0.25) is 0 Å². The minimum Gasteiger partial charge on any atom is -0.350 e. The molecule has 0 unspecified atom stereocenters. The minimum absolute atomic E-state index is 0.00941. The van der Waals surface area contributed by atoms with Gasteiger partial charge in [-0.25, -0.2) is 27.5 Å². The van der Waals surface area contributed by atoms with E-state index in [0.29, 0.717) is 12.0 Å². The summed E-state index contributed by atoms with van der Waals surface area (Å²) in [6, 6.07) is 8.02. The largest absolute Gasteiger partial charge is 0.350 e. The molecule has 1 amide bonds. The minimum atomic E-state index is -1.61. The molecular weight excluding hydrogens is 376 g/mol. The molecule has 144 valence electrons. The first-order valence-electron chi connectivity index (χ1n) is 8.20. The summed E-state index contributed by atoms with van der Waals surface area (Å²) in [4.78, 5) is 19.8. The fourth-order valence-electron chi connectivity index (χ4n) is 2.37. The quantitative estimate of drug-likeness (QED) is 0.497. The van der Waals surface area contributed by atoms with Crippen molar-refractivity contribution in [2.24, 2.45) is 0 Å². The van der Waals surface area contributed by atoms with Crippen LogP contribution in [0.25, 0.3) is 0 Å². The fraction of sp³-hybridized carbons (Fsp3) is 0.105. The molecule has 0 saturated carbocycles. The number of benzene rings is 2. The molecule has 2 N–H and O–H groups in total. The van der Waals surface area contributed by atoms with E-state index in [1.807, 2.05) is 0 Å². The number of carbonyl (C=O) groups is 1. The van der Waals surface area contributed by atoms with Crippen molar-refractivity contribution in [2.45, 2.75) is 6.42 Å². The zero-order chi connectivity index (χ0) is 20.1. The molecule has 0 radical (unpaired) electrons. The highest BCUT2D eigenvalue weighted by Gasteiger charge is 2.14. The van der Waals surface area contributed by atoms with Gasteiger partial charge in [0.1, 0.15) is 17.3 Å². The maximum absolute atomic E-state index is 13.6. The normalized spacial score (nSPS) is 10.6. The lowest BCUT2D eigenvalue weighted by Crippen LogP contribution is -2.26. The molecule has 28 heavy (non-hydrogen) atoms. The molecule has 0 saturated heterocycles. The van der Waals surface area contributed by atoms with Crippen molar-refractivity contribution >= 4 is 17.4 Å². The number of nitrogens with zero attached hydrogens (tertiary/aromatic N) is 2. The zero-order valence-corrected chi connectivity index (χ0v) is 14.3. The Morgan fingerprint density at radius 1 is 0.893 bits per heavy atom. The summed E-state index contributed by atoms with van der Waals surface area (Å²) in [6.07, 6.45) is 2.59. The Bertz CT molecular complexity index is 996. The number of halogens is 4. The predicted octanol–water partition coefficient (Wildman–Crippen LogP) is 3.75.